The van der Waals surface area contributed by atoms with Crippen molar-refractivity contribution >= 4 is 15.9 Å². The average molecular weight is 366 g/mol. The van der Waals surface area contributed by atoms with Crippen LogP contribution < -0.4 is 4.74 Å². The van der Waals surface area contributed by atoms with E-state index in [9.17, 15) is 4.39 Å². The topological polar surface area (TPSA) is 53.1 Å². The Labute approximate surface area is 134 Å². The summed E-state index contributed by atoms with van der Waals surface area (Å²) in [6.45, 7) is 2.66. The van der Waals surface area contributed by atoms with Gasteiger partial charge in [-0.05, 0) is 40.5 Å². The minimum atomic E-state index is -0.248. The second-order valence-electron chi connectivity index (χ2n) is 4.79. The first-order valence-corrected chi connectivity index (χ1v) is 7.41. The zero-order chi connectivity index (χ0) is 15.5. The number of nitrogens with zero attached hydrogens (tertiary/aromatic N) is 3. The van der Waals surface area contributed by atoms with Gasteiger partial charge in [0.25, 0.3) is 0 Å². The molecule has 7 heteroatoms. The van der Waals surface area contributed by atoms with Crippen molar-refractivity contribution in [1.29, 1.82) is 0 Å². The van der Waals surface area contributed by atoms with Gasteiger partial charge in [0.1, 0.15) is 23.9 Å². The molecule has 0 N–H and O–H groups in total. The molecule has 2 heterocycles. The lowest BCUT2D eigenvalue weighted by molar-refractivity contribution is 0.287. The highest BCUT2D eigenvalue weighted by molar-refractivity contribution is 9.10. The fraction of sp³-hybridized carbons (Fsp3) is 0.200. The highest BCUT2D eigenvalue weighted by Gasteiger charge is 2.11. The Balaban J connectivity index is 1.61. The molecule has 0 atom stereocenters. The van der Waals surface area contributed by atoms with E-state index >= 15 is 0 Å². The number of benzene rings is 1. The molecule has 0 saturated carbocycles. The van der Waals surface area contributed by atoms with E-state index in [2.05, 4.69) is 26.2 Å². The molecule has 114 valence electrons. The number of hydrogen-bond acceptors (Lipinski definition) is 4. The van der Waals surface area contributed by atoms with Crippen molar-refractivity contribution in [2.75, 3.05) is 0 Å². The van der Waals surface area contributed by atoms with Crippen LogP contribution >= 0.6 is 15.9 Å². The molecule has 0 aliphatic heterocycles. The van der Waals surface area contributed by atoms with Crippen LogP contribution in [-0.4, -0.2) is 14.9 Å². The van der Waals surface area contributed by atoms with Gasteiger partial charge < -0.3 is 9.26 Å². The zero-order valence-electron chi connectivity index (χ0n) is 11.8. The molecule has 0 bridgehead atoms. The van der Waals surface area contributed by atoms with Crippen molar-refractivity contribution in [1.82, 2.24) is 14.9 Å². The van der Waals surface area contributed by atoms with Crippen molar-refractivity contribution in [3.8, 4) is 5.75 Å². The lowest BCUT2D eigenvalue weighted by Crippen LogP contribution is -2.00. The van der Waals surface area contributed by atoms with Crippen LogP contribution in [0.4, 0.5) is 4.39 Å². The molecule has 0 aliphatic rings. The molecule has 0 saturated heterocycles. The Kier molecular flexibility index (Phi) is 4.24. The predicted molar refractivity (Wildman–Crippen MR) is 81.0 cm³/mol. The van der Waals surface area contributed by atoms with Crippen LogP contribution in [0.3, 0.4) is 0 Å². The summed E-state index contributed by atoms with van der Waals surface area (Å²) in [6, 6.07) is 6.32. The Bertz CT molecular complexity index is 767. The molecule has 2 aromatic heterocycles. The molecule has 22 heavy (non-hydrogen) atoms. The molecular formula is C15H13BrFN3O2. The molecule has 0 fully saturated rings. The number of hydrogen-bond donors (Lipinski definition) is 0. The summed E-state index contributed by atoms with van der Waals surface area (Å²) < 4.78 is 26.1. The second kappa shape index (κ2) is 6.31. The molecule has 0 unspecified atom stereocenters. The number of ether oxygens (including phenoxy) is 1. The molecule has 1 aromatic carbocycles. The van der Waals surface area contributed by atoms with Gasteiger partial charge in [0.05, 0.1) is 23.4 Å². The highest BCUT2D eigenvalue weighted by atomic mass is 79.9. The molecule has 0 radical (unpaired) electrons. The standard InChI is InChI=1S/C15H13BrFN3O2/c1-10-15(16)14(19-22-10)9-21-13-6-18-20(8-13)7-11-2-4-12(17)5-3-11/h2-6,8H,7,9H2,1H3. The quantitative estimate of drug-likeness (QED) is 0.691. The molecular weight excluding hydrogens is 353 g/mol. The predicted octanol–water partition coefficient (Wildman–Crippen LogP) is 3.71. The fourth-order valence-corrected chi connectivity index (χ4v) is 2.19. The minimum Gasteiger partial charge on any atom is -0.484 e. The summed E-state index contributed by atoms with van der Waals surface area (Å²) in [5.41, 5.74) is 1.66. The first-order chi connectivity index (χ1) is 10.6. The van der Waals surface area contributed by atoms with Gasteiger partial charge in [0, 0.05) is 0 Å². The number of halogens is 2. The Morgan fingerprint density at radius 3 is 2.77 bits per heavy atom. The van der Waals surface area contributed by atoms with E-state index in [1.54, 1.807) is 29.2 Å². The Morgan fingerprint density at radius 1 is 1.32 bits per heavy atom. The summed E-state index contributed by atoms with van der Waals surface area (Å²) >= 11 is 3.39. The monoisotopic (exact) mass is 365 g/mol. The van der Waals surface area contributed by atoms with Crippen molar-refractivity contribution in [2.45, 2.75) is 20.1 Å². The van der Waals surface area contributed by atoms with Gasteiger partial charge in [-0.25, -0.2) is 4.39 Å². The van der Waals surface area contributed by atoms with E-state index in [1.807, 2.05) is 6.92 Å². The van der Waals surface area contributed by atoms with Gasteiger partial charge in [-0.1, -0.05) is 17.3 Å². The SMILES string of the molecule is Cc1onc(COc2cnn(Cc3ccc(F)cc3)c2)c1Br. The fourth-order valence-electron chi connectivity index (χ4n) is 1.93. The third-order valence-corrected chi connectivity index (χ3v) is 4.11. The van der Waals surface area contributed by atoms with E-state index in [0.29, 0.717) is 30.4 Å². The summed E-state index contributed by atoms with van der Waals surface area (Å²) in [7, 11) is 0. The van der Waals surface area contributed by atoms with Crippen molar-refractivity contribution < 1.29 is 13.7 Å². The van der Waals surface area contributed by atoms with Gasteiger partial charge in [-0.3, -0.25) is 4.68 Å². The van der Waals surface area contributed by atoms with Crippen LogP contribution in [0, 0.1) is 12.7 Å². The lowest BCUT2D eigenvalue weighted by atomic mass is 10.2. The van der Waals surface area contributed by atoms with Crippen LogP contribution in [0.2, 0.25) is 0 Å². The zero-order valence-corrected chi connectivity index (χ0v) is 13.4. The third-order valence-electron chi connectivity index (χ3n) is 3.10. The minimum absolute atomic E-state index is 0.248. The maximum Gasteiger partial charge on any atom is 0.157 e. The molecule has 3 rings (SSSR count). The number of aryl methyl sites for hydroxylation is 1. The van der Waals surface area contributed by atoms with E-state index < -0.39 is 0 Å². The summed E-state index contributed by atoms with van der Waals surface area (Å²) in [6.07, 6.45) is 3.41. The smallest absolute Gasteiger partial charge is 0.157 e. The Hall–Kier alpha value is -2.15. The van der Waals surface area contributed by atoms with Gasteiger partial charge in [0.15, 0.2) is 5.75 Å². The van der Waals surface area contributed by atoms with Gasteiger partial charge >= 0.3 is 0 Å². The largest absolute Gasteiger partial charge is 0.484 e. The van der Waals surface area contributed by atoms with Crippen LogP contribution in [0.1, 0.15) is 17.0 Å². The van der Waals surface area contributed by atoms with E-state index in [0.717, 1.165) is 10.0 Å². The normalized spacial score (nSPS) is 10.9. The van der Waals surface area contributed by atoms with Crippen LogP contribution in [-0.2, 0) is 13.2 Å². The highest BCUT2D eigenvalue weighted by Crippen LogP contribution is 2.22. The molecule has 0 aliphatic carbocycles. The number of rotatable bonds is 5. The van der Waals surface area contributed by atoms with Crippen molar-refractivity contribution in [2.24, 2.45) is 0 Å². The summed E-state index contributed by atoms with van der Waals surface area (Å²) in [5.74, 6) is 1.10. The van der Waals surface area contributed by atoms with Crippen molar-refractivity contribution in [3.63, 3.8) is 0 Å². The van der Waals surface area contributed by atoms with Gasteiger partial charge in [0.2, 0.25) is 0 Å². The van der Waals surface area contributed by atoms with Crippen LogP contribution in [0.25, 0.3) is 0 Å². The Morgan fingerprint density at radius 2 is 2.09 bits per heavy atom. The maximum atomic E-state index is 12.9. The molecule has 3 aromatic rings. The lowest BCUT2D eigenvalue weighted by Gasteiger charge is -2.02. The van der Waals surface area contributed by atoms with Crippen molar-refractivity contribution in [3.05, 3.63) is 64.0 Å². The first kappa shape index (κ1) is 14.8. The maximum absolute atomic E-state index is 12.9. The van der Waals surface area contributed by atoms with Crippen LogP contribution in [0.5, 0.6) is 5.75 Å². The number of aromatic nitrogens is 3. The van der Waals surface area contributed by atoms with E-state index in [4.69, 9.17) is 9.26 Å². The molecule has 5 nitrogen and oxygen atoms in total. The average Bonchev–Trinajstić information content (AvgIpc) is 3.08. The van der Waals surface area contributed by atoms with E-state index in [1.165, 1.54) is 12.1 Å². The third kappa shape index (κ3) is 3.36. The van der Waals surface area contributed by atoms with Gasteiger partial charge in [-0.2, -0.15) is 5.10 Å². The van der Waals surface area contributed by atoms with Crippen LogP contribution in [0.15, 0.2) is 45.7 Å². The molecule has 0 spiro atoms. The molecule has 0 amide bonds. The van der Waals surface area contributed by atoms with Gasteiger partial charge in [-0.15, -0.1) is 0 Å². The summed E-state index contributed by atoms with van der Waals surface area (Å²) in [4.78, 5) is 0. The summed E-state index contributed by atoms with van der Waals surface area (Å²) in [5, 5.41) is 8.12. The van der Waals surface area contributed by atoms with E-state index in [-0.39, 0.29) is 5.82 Å². The first-order valence-electron chi connectivity index (χ1n) is 6.62. The second-order valence-corrected chi connectivity index (χ2v) is 5.58.